The van der Waals surface area contributed by atoms with Gasteiger partial charge in [0.05, 0.1) is 30.9 Å². The van der Waals surface area contributed by atoms with Crippen LogP contribution in [0.25, 0.3) is 0 Å². The first-order valence-corrected chi connectivity index (χ1v) is 21.0. The monoisotopic (exact) mass is 934 g/mol. The Morgan fingerprint density at radius 3 is 1.54 bits per heavy atom. The number of hydrogen-bond acceptors (Lipinski definition) is 9. The highest BCUT2D eigenvalue weighted by Gasteiger charge is 2.31. The van der Waals surface area contributed by atoms with Gasteiger partial charge in [-0.2, -0.15) is 26.3 Å². The molecule has 3 N–H and O–H groups in total. The van der Waals surface area contributed by atoms with E-state index in [1.165, 1.54) is 24.3 Å². The van der Waals surface area contributed by atoms with E-state index in [9.17, 15) is 31.4 Å². The third kappa shape index (κ3) is 21.1. The molecular formula is C46H58Cl2F6N2O7. The van der Waals surface area contributed by atoms with E-state index in [1.807, 2.05) is 24.3 Å². The SMILES string of the molecule is C.CO.Clc1ccc(OCC2CO2)cc1.FC(F)(F)c1ccc(OCC2CCCNC2)cc1.OC(COc1ccc(Cl)cc1)CN1CCCC(COc2ccc(C(F)(F)F)cc2)C1. The molecule has 3 saturated heterocycles. The van der Waals surface area contributed by atoms with Crippen molar-refractivity contribution in [1.82, 2.24) is 10.2 Å². The molecule has 3 aliphatic rings. The number of nitrogens with one attached hydrogen (secondary N) is 1. The van der Waals surface area contributed by atoms with E-state index >= 15 is 0 Å². The zero-order valence-corrected chi connectivity index (χ0v) is 35.9. The maximum atomic E-state index is 12.6. The van der Waals surface area contributed by atoms with Gasteiger partial charge in [-0.1, -0.05) is 30.6 Å². The van der Waals surface area contributed by atoms with E-state index in [1.54, 1.807) is 24.3 Å². The average Bonchev–Trinajstić information content (AvgIpc) is 4.11. The highest BCUT2D eigenvalue weighted by atomic mass is 35.5. The summed E-state index contributed by atoms with van der Waals surface area (Å²) in [5.41, 5.74) is -1.33. The summed E-state index contributed by atoms with van der Waals surface area (Å²) in [6, 6.07) is 23.9. The van der Waals surface area contributed by atoms with Crippen LogP contribution >= 0.6 is 23.2 Å². The molecule has 0 aromatic heterocycles. The van der Waals surface area contributed by atoms with Crippen molar-refractivity contribution >= 4 is 23.2 Å². The zero-order chi connectivity index (χ0) is 45.0. The molecule has 4 atom stereocenters. The van der Waals surface area contributed by atoms with Gasteiger partial charge in [0.2, 0.25) is 0 Å². The molecule has 63 heavy (non-hydrogen) atoms. The van der Waals surface area contributed by atoms with Gasteiger partial charge in [0.15, 0.2) is 0 Å². The largest absolute Gasteiger partial charge is 0.493 e. The molecular weight excluding hydrogens is 877 g/mol. The molecule has 4 aromatic carbocycles. The molecule has 4 unspecified atom stereocenters. The van der Waals surface area contributed by atoms with Crippen molar-refractivity contribution in [2.45, 2.75) is 57.7 Å². The minimum absolute atomic E-state index is 0. The summed E-state index contributed by atoms with van der Waals surface area (Å²) in [5.74, 6) is 3.12. The molecule has 0 aliphatic carbocycles. The van der Waals surface area contributed by atoms with Crippen LogP contribution in [-0.2, 0) is 17.1 Å². The second kappa shape index (κ2) is 27.4. The molecule has 3 fully saturated rings. The summed E-state index contributed by atoms with van der Waals surface area (Å²) in [5, 5.41) is 21.9. The van der Waals surface area contributed by atoms with Gasteiger partial charge in [0.25, 0.3) is 0 Å². The van der Waals surface area contributed by atoms with Gasteiger partial charge in [-0.3, -0.25) is 0 Å². The van der Waals surface area contributed by atoms with E-state index in [-0.39, 0.29) is 20.0 Å². The van der Waals surface area contributed by atoms with Gasteiger partial charge < -0.3 is 44.1 Å². The lowest BCUT2D eigenvalue weighted by molar-refractivity contribution is -0.138. The number of hydrogen-bond donors (Lipinski definition) is 3. The molecule has 0 spiro atoms. The standard InChI is InChI=1S/C22H25ClF3NO3.C13H16F3NO.C9H9ClO2.CH4O.CH4/c23-18-5-9-21(10-6-18)30-15-19(28)13-27-11-1-2-16(12-27)14-29-20-7-3-17(4-8-20)22(24,25)26;14-13(15,16)11-3-5-12(6-4-11)18-9-10-2-1-7-17-8-10;10-7-1-3-8(4-2-7)11-5-9-6-12-9;1-2;/h3-10,16,19,28H,1-2,11-15H2;3-6,10,17H,1-2,7-9H2;1-4,9H,5-6H2;2H,1H3;1H4. The summed E-state index contributed by atoms with van der Waals surface area (Å²) in [6.07, 6.45) is -4.77. The molecule has 4 aromatic rings. The van der Waals surface area contributed by atoms with Gasteiger partial charge >= 0.3 is 12.4 Å². The molecule has 350 valence electrons. The zero-order valence-electron chi connectivity index (χ0n) is 34.4. The van der Waals surface area contributed by atoms with Gasteiger partial charge in [-0.15, -0.1) is 0 Å². The summed E-state index contributed by atoms with van der Waals surface area (Å²) in [7, 11) is 1.00. The van der Waals surface area contributed by atoms with Crippen molar-refractivity contribution in [2.75, 3.05) is 72.9 Å². The van der Waals surface area contributed by atoms with Gasteiger partial charge in [0.1, 0.15) is 48.4 Å². The third-order valence-corrected chi connectivity index (χ3v) is 10.2. The number of benzene rings is 4. The number of alkyl halides is 6. The Kier molecular flexibility index (Phi) is 23.2. The van der Waals surface area contributed by atoms with Gasteiger partial charge in [-0.05, 0) is 136 Å². The summed E-state index contributed by atoms with van der Waals surface area (Å²) >= 11 is 11.5. The fraction of sp³-hybridized carbons (Fsp3) is 0.478. The Morgan fingerprint density at radius 2 is 1.10 bits per heavy atom. The second-order valence-electron chi connectivity index (χ2n) is 14.8. The highest BCUT2D eigenvalue weighted by Crippen LogP contribution is 2.32. The van der Waals surface area contributed by atoms with Crippen LogP contribution in [0.3, 0.4) is 0 Å². The minimum atomic E-state index is -4.35. The van der Waals surface area contributed by atoms with Crippen LogP contribution in [-0.4, -0.2) is 100 Å². The normalized spacial score (nSPS) is 18.9. The number of epoxide rings is 1. The molecule has 0 amide bonds. The van der Waals surface area contributed by atoms with Crippen molar-refractivity contribution in [3.8, 4) is 23.0 Å². The first-order chi connectivity index (χ1) is 29.7. The van der Waals surface area contributed by atoms with E-state index in [0.29, 0.717) is 60.7 Å². The molecule has 3 heterocycles. The molecule has 0 radical (unpaired) electrons. The summed E-state index contributed by atoms with van der Waals surface area (Å²) < 4.78 is 102. The fourth-order valence-corrected chi connectivity index (χ4v) is 6.64. The molecule has 0 saturated carbocycles. The Bertz CT molecular complexity index is 1810. The van der Waals surface area contributed by atoms with Crippen molar-refractivity contribution in [2.24, 2.45) is 11.8 Å². The maximum Gasteiger partial charge on any atom is 0.416 e. The first-order valence-electron chi connectivity index (χ1n) is 20.2. The quantitative estimate of drug-likeness (QED) is 0.0842. The second-order valence-corrected chi connectivity index (χ2v) is 15.7. The topological polar surface area (TPSA) is 105 Å². The van der Waals surface area contributed by atoms with Crippen LogP contribution in [0.5, 0.6) is 23.0 Å². The smallest absolute Gasteiger partial charge is 0.416 e. The number of halogens is 8. The molecule has 3 aliphatic heterocycles. The van der Waals surface area contributed by atoms with Crippen LogP contribution in [0.15, 0.2) is 97.1 Å². The van der Waals surface area contributed by atoms with E-state index in [4.69, 9.17) is 52.0 Å². The number of nitrogens with zero attached hydrogens (tertiary/aromatic N) is 1. The van der Waals surface area contributed by atoms with Crippen LogP contribution in [0.4, 0.5) is 26.3 Å². The molecule has 0 bridgehead atoms. The number of ether oxygens (including phenoxy) is 5. The number of rotatable bonds is 14. The minimum Gasteiger partial charge on any atom is -0.493 e. The number of aliphatic hydroxyl groups excluding tert-OH is 2. The third-order valence-electron chi connectivity index (χ3n) is 9.71. The Hall–Kier alpha value is -3.96. The fourth-order valence-electron chi connectivity index (χ4n) is 6.39. The van der Waals surface area contributed by atoms with Crippen LogP contribution in [0, 0.1) is 11.8 Å². The summed E-state index contributed by atoms with van der Waals surface area (Å²) in [4.78, 5) is 2.17. The molecule has 9 nitrogen and oxygen atoms in total. The predicted octanol–water partition coefficient (Wildman–Crippen LogP) is 10.3. The van der Waals surface area contributed by atoms with Crippen molar-refractivity contribution in [1.29, 1.82) is 0 Å². The van der Waals surface area contributed by atoms with E-state index in [0.717, 1.165) is 101 Å². The number of β-amino-alcohol motifs (C(OH)–C–C–N with tert-alkyl or cyclic N) is 1. The lowest BCUT2D eigenvalue weighted by Gasteiger charge is -2.33. The number of aliphatic hydroxyl groups is 2. The van der Waals surface area contributed by atoms with Crippen molar-refractivity contribution in [3.05, 3.63) is 118 Å². The number of likely N-dealkylation sites (tertiary alicyclic amines) is 1. The number of piperidine rings is 2. The predicted molar refractivity (Wildman–Crippen MR) is 233 cm³/mol. The molecule has 7 rings (SSSR count). The van der Waals surface area contributed by atoms with Crippen LogP contribution < -0.4 is 24.3 Å². The van der Waals surface area contributed by atoms with Gasteiger partial charge in [0, 0.05) is 48.6 Å². The average molecular weight is 936 g/mol. The Balaban J connectivity index is 0.000000270. The maximum absolute atomic E-state index is 12.6. The van der Waals surface area contributed by atoms with E-state index < -0.39 is 29.6 Å². The highest BCUT2D eigenvalue weighted by molar-refractivity contribution is 6.30. The van der Waals surface area contributed by atoms with Crippen molar-refractivity contribution in [3.63, 3.8) is 0 Å². The van der Waals surface area contributed by atoms with Gasteiger partial charge in [-0.25, -0.2) is 0 Å². The molecule has 17 heteroatoms. The Morgan fingerprint density at radius 1 is 0.667 bits per heavy atom. The van der Waals surface area contributed by atoms with Crippen molar-refractivity contribution < 1.29 is 60.2 Å². The van der Waals surface area contributed by atoms with Crippen LogP contribution in [0.2, 0.25) is 10.0 Å². The lowest BCUT2D eigenvalue weighted by Crippen LogP contribution is -2.43. The Labute approximate surface area is 376 Å². The first kappa shape index (κ1) is 53.4. The van der Waals surface area contributed by atoms with E-state index in [2.05, 4.69) is 10.2 Å². The lowest BCUT2D eigenvalue weighted by atomic mass is 9.98. The summed E-state index contributed by atoms with van der Waals surface area (Å²) in [6.45, 7) is 6.73. The van der Waals surface area contributed by atoms with Crippen LogP contribution in [0.1, 0.15) is 44.2 Å².